The molecule has 1 heterocycles. The molecule has 0 saturated carbocycles. The number of halogens is 3. The molecule has 0 fully saturated rings. The Labute approximate surface area is 239 Å². The first kappa shape index (κ1) is 28.4. The van der Waals surface area contributed by atoms with Crippen LogP contribution in [0.2, 0.25) is 0 Å². The molecule has 0 saturated heterocycles. The SMILES string of the molecule is O=C(N[C@H](C(=O)O)C(c1ccccc1)c1ccccc1)c1ccc2ccccc2c1OCc1ccc(C(F)(F)F)cn1. The van der Waals surface area contributed by atoms with Gasteiger partial charge in [0, 0.05) is 17.5 Å². The molecule has 5 aromatic rings. The first-order chi connectivity index (χ1) is 20.2. The number of rotatable bonds is 9. The molecule has 0 aliphatic heterocycles. The highest BCUT2D eigenvalue weighted by atomic mass is 19.4. The van der Waals surface area contributed by atoms with Crippen molar-refractivity contribution in [2.45, 2.75) is 24.7 Å². The molecule has 42 heavy (non-hydrogen) atoms. The number of ether oxygens (including phenoxy) is 1. The minimum absolute atomic E-state index is 0.0757. The molecule has 0 unspecified atom stereocenters. The molecule has 212 valence electrons. The van der Waals surface area contributed by atoms with Gasteiger partial charge in [-0.05, 0) is 34.7 Å². The van der Waals surface area contributed by atoms with Crippen LogP contribution in [0.1, 0.15) is 38.7 Å². The zero-order valence-corrected chi connectivity index (χ0v) is 22.1. The topological polar surface area (TPSA) is 88.5 Å². The molecule has 0 radical (unpaired) electrons. The first-order valence-electron chi connectivity index (χ1n) is 13.0. The first-order valence-corrected chi connectivity index (χ1v) is 13.0. The smallest absolute Gasteiger partial charge is 0.417 e. The Bertz CT molecular complexity index is 1650. The van der Waals surface area contributed by atoms with Crippen molar-refractivity contribution in [3.8, 4) is 5.75 Å². The fourth-order valence-corrected chi connectivity index (χ4v) is 4.81. The van der Waals surface area contributed by atoms with Crippen LogP contribution in [0.4, 0.5) is 13.2 Å². The van der Waals surface area contributed by atoms with Crippen molar-refractivity contribution in [2.75, 3.05) is 0 Å². The maximum absolute atomic E-state index is 13.8. The second-order valence-electron chi connectivity index (χ2n) is 9.58. The molecule has 1 atom stereocenters. The summed E-state index contributed by atoms with van der Waals surface area (Å²) in [5.41, 5.74) is 0.827. The number of carbonyl (C=O) groups is 2. The Hall–Kier alpha value is -5.18. The molecular weight excluding hydrogens is 545 g/mol. The van der Waals surface area contributed by atoms with Crippen molar-refractivity contribution in [3.05, 3.63) is 143 Å². The Morgan fingerprint density at radius 2 is 1.43 bits per heavy atom. The van der Waals surface area contributed by atoms with Crippen LogP contribution in [0.5, 0.6) is 5.75 Å². The van der Waals surface area contributed by atoms with Crippen molar-refractivity contribution >= 4 is 22.6 Å². The lowest BCUT2D eigenvalue weighted by molar-refractivity contribution is -0.140. The number of pyridine rings is 1. The Morgan fingerprint density at radius 3 is 2.00 bits per heavy atom. The minimum atomic E-state index is -4.52. The summed E-state index contributed by atoms with van der Waals surface area (Å²) in [6, 6.07) is 29.3. The van der Waals surface area contributed by atoms with Crippen molar-refractivity contribution in [3.63, 3.8) is 0 Å². The summed E-state index contributed by atoms with van der Waals surface area (Å²) < 4.78 is 44.9. The molecule has 2 N–H and O–H groups in total. The fourth-order valence-electron chi connectivity index (χ4n) is 4.81. The van der Waals surface area contributed by atoms with Gasteiger partial charge in [0.05, 0.1) is 16.8 Å². The highest BCUT2D eigenvalue weighted by molar-refractivity contribution is 6.05. The zero-order valence-electron chi connectivity index (χ0n) is 22.1. The molecule has 0 aliphatic carbocycles. The average molecular weight is 571 g/mol. The predicted octanol–water partition coefficient (Wildman–Crippen LogP) is 6.85. The number of hydrogen-bond acceptors (Lipinski definition) is 4. The number of aliphatic carboxylic acids is 1. The van der Waals surface area contributed by atoms with Gasteiger partial charge in [0.1, 0.15) is 18.4 Å². The average Bonchev–Trinajstić information content (AvgIpc) is 3.00. The number of nitrogens with one attached hydrogen (secondary N) is 1. The van der Waals surface area contributed by atoms with Crippen LogP contribution < -0.4 is 10.1 Å². The monoisotopic (exact) mass is 570 g/mol. The molecule has 5 rings (SSSR count). The van der Waals surface area contributed by atoms with Crippen LogP contribution in [0, 0.1) is 0 Å². The highest BCUT2D eigenvalue weighted by Gasteiger charge is 2.34. The third-order valence-electron chi connectivity index (χ3n) is 6.84. The van der Waals surface area contributed by atoms with Gasteiger partial charge in [0.25, 0.3) is 5.91 Å². The van der Waals surface area contributed by atoms with Gasteiger partial charge < -0.3 is 15.2 Å². The maximum atomic E-state index is 13.8. The number of aromatic nitrogens is 1. The van der Waals surface area contributed by atoms with E-state index < -0.39 is 35.6 Å². The standard InChI is InChI=1S/C33H25F3N2O4/c34-33(35,36)24-16-17-25(37-19-24)20-42-30-26-14-8-7-9-21(26)15-18-27(30)31(39)38-29(32(40)41)28(22-10-3-1-4-11-22)23-12-5-2-6-13-23/h1-19,28-29H,20H2,(H,38,39)(H,40,41)/t29-/m0/s1. The molecule has 0 aliphatic rings. The second-order valence-corrected chi connectivity index (χ2v) is 9.58. The van der Waals surface area contributed by atoms with Gasteiger partial charge in [-0.1, -0.05) is 91.0 Å². The third-order valence-corrected chi connectivity index (χ3v) is 6.84. The number of carboxylic acid groups (broad SMARTS) is 1. The molecule has 1 aromatic heterocycles. The van der Waals surface area contributed by atoms with E-state index in [1.165, 1.54) is 12.1 Å². The van der Waals surface area contributed by atoms with Crippen LogP contribution in [-0.2, 0) is 17.6 Å². The lowest BCUT2D eigenvalue weighted by atomic mass is 9.84. The van der Waals surface area contributed by atoms with E-state index in [9.17, 15) is 27.9 Å². The van der Waals surface area contributed by atoms with E-state index in [1.807, 2.05) is 24.3 Å². The van der Waals surface area contributed by atoms with Gasteiger partial charge >= 0.3 is 12.1 Å². The fraction of sp³-hybridized carbons (Fsp3) is 0.121. The predicted molar refractivity (Wildman–Crippen MR) is 151 cm³/mol. The number of carboxylic acids is 1. The summed E-state index contributed by atoms with van der Waals surface area (Å²) >= 11 is 0. The minimum Gasteiger partial charge on any atom is -0.486 e. The number of alkyl halides is 3. The Kier molecular flexibility index (Phi) is 8.19. The Morgan fingerprint density at radius 1 is 0.810 bits per heavy atom. The molecule has 6 nitrogen and oxygen atoms in total. The van der Waals surface area contributed by atoms with Gasteiger partial charge in [-0.15, -0.1) is 0 Å². The van der Waals surface area contributed by atoms with E-state index in [-0.39, 0.29) is 23.6 Å². The van der Waals surface area contributed by atoms with E-state index >= 15 is 0 Å². The van der Waals surface area contributed by atoms with E-state index in [1.54, 1.807) is 66.7 Å². The van der Waals surface area contributed by atoms with Gasteiger partial charge in [0.15, 0.2) is 0 Å². The summed E-state index contributed by atoms with van der Waals surface area (Å²) in [6.45, 7) is -0.217. The normalized spacial score (nSPS) is 12.2. The maximum Gasteiger partial charge on any atom is 0.417 e. The quantitative estimate of drug-likeness (QED) is 0.202. The lowest BCUT2D eigenvalue weighted by Gasteiger charge is -2.26. The van der Waals surface area contributed by atoms with Crippen molar-refractivity contribution in [1.29, 1.82) is 0 Å². The summed E-state index contributed by atoms with van der Waals surface area (Å²) in [5, 5.41) is 14.3. The number of nitrogens with zero attached hydrogens (tertiary/aromatic N) is 1. The van der Waals surface area contributed by atoms with E-state index in [0.29, 0.717) is 16.5 Å². The number of carbonyl (C=O) groups excluding carboxylic acids is 1. The van der Waals surface area contributed by atoms with Crippen molar-refractivity contribution < 1.29 is 32.6 Å². The molecule has 4 aromatic carbocycles. The van der Waals surface area contributed by atoms with Gasteiger partial charge in [-0.2, -0.15) is 13.2 Å². The number of amides is 1. The van der Waals surface area contributed by atoms with Gasteiger partial charge in [-0.25, -0.2) is 4.79 Å². The Balaban J connectivity index is 1.49. The van der Waals surface area contributed by atoms with Crippen molar-refractivity contribution in [2.24, 2.45) is 0 Å². The van der Waals surface area contributed by atoms with Crippen LogP contribution in [0.15, 0.2) is 115 Å². The van der Waals surface area contributed by atoms with Crippen LogP contribution >= 0.6 is 0 Å². The number of benzene rings is 4. The lowest BCUT2D eigenvalue weighted by Crippen LogP contribution is -2.45. The second kappa shape index (κ2) is 12.1. The van der Waals surface area contributed by atoms with E-state index in [0.717, 1.165) is 17.6 Å². The van der Waals surface area contributed by atoms with E-state index in [2.05, 4.69) is 10.3 Å². The molecular formula is C33H25F3N2O4. The summed E-state index contributed by atoms with van der Waals surface area (Å²) in [4.78, 5) is 30.2. The summed E-state index contributed by atoms with van der Waals surface area (Å²) in [5.74, 6) is -2.44. The highest BCUT2D eigenvalue weighted by Crippen LogP contribution is 2.33. The zero-order chi connectivity index (χ0) is 29.7. The van der Waals surface area contributed by atoms with E-state index in [4.69, 9.17) is 4.74 Å². The van der Waals surface area contributed by atoms with Crippen LogP contribution in [-0.4, -0.2) is 28.0 Å². The molecule has 1 amide bonds. The number of hydrogen-bond donors (Lipinski definition) is 2. The van der Waals surface area contributed by atoms with Gasteiger partial charge in [-0.3, -0.25) is 9.78 Å². The van der Waals surface area contributed by atoms with Crippen LogP contribution in [0.25, 0.3) is 10.8 Å². The largest absolute Gasteiger partial charge is 0.486 e. The molecule has 0 bridgehead atoms. The summed E-state index contributed by atoms with van der Waals surface area (Å²) in [6.07, 6.45) is -3.80. The van der Waals surface area contributed by atoms with Crippen LogP contribution in [0.3, 0.4) is 0 Å². The molecule has 9 heteroatoms. The van der Waals surface area contributed by atoms with Gasteiger partial charge in [0.2, 0.25) is 0 Å². The number of fused-ring (bicyclic) bond motifs is 1. The third kappa shape index (κ3) is 6.25. The summed E-state index contributed by atoms with van der Waals surface area (Å²) in [7, 11) is 0. The van der Waals surface area contributed by atoms with Crippen molar-refractivity contribution in [1.82, 2.24) is 10.3 Å². The molecule has 0 spiro atoms.